The molecule has 0 unspecified atom stereocenters. The summed E-state index contributed by atoms with van der Waals surface area (Å²) in [4.78, 5) is 28.9. The lowest BCUT2D eigenvalue weighted by atomic mass is 9.99. The van der Waals surface area contributed by atoms with Gasteiger partial charge in [0.2, 0.25) is 0 Å². The molecule has 0 bridgehead atoms. The molecule has 3 rings (SSSR count). The fraction of sp³-hybridized carbons (Fsp3) is 0.545. The molecular weight excluding hydrogens is 405 g/mol. The van der Waals surface area contributed by atoms with E-state index in [0.29, 0.717) is 36.1 Å². The van der Waals surface area contributed by atoms with Crippen molar-refractivity contribution in [1.82, 2.24) is 10.3 Å². The number of alkyl carbamates (subject to hydrolysis) is 1. The maximum atomic E-state index is 15.3. The number of piperidine rings is 1. The van der Waals surface area contributed by atoms with E-state index in [0.717, 1.165) is 17.3 Å². The number of aromatic carboxylic acids is 1. The van der Waals surface area contributed by atoms with Crippen LogP contribution in [0, 0.1) is 19.7 Å². The fourth-order valence-electron chi connectivity index (χ4n) is 4.07. The van der Waals surface area contributed by atoms with E-state index in [-0.39, 0.29) is 17.7 Å². The van der Waals surface area contributed by atoms with E-state index in [1.807, 2.05) is 18.7 Å². The lowest BCUT2D eigenvalue weighted by Crippen LogP contribution is -2.54. The molecule has 3 N–H and O–H groups in total. The van der Waals surface area contributed by atoms with Crippen LogP contribution < -0.4 is 10.2 Å². The van der Waals surface area contributed by atoms with Gasteiger partial charge < -0.3 is 29.8 Å². The van der Waals surface area contributed by atoms with Crippen molar-refractivity contribution in [1.29, 1.82) is 0 Å². The number of hydrogen-bond acceptors (Lipinski definition) is 5. The number of nitrogens with zero attached hydrogens (tertiary/aromatic N) is 1. The number of rotatable bonds is 4. The maximum Gasteiger partial charge on any atom is 0.407 e. The van der Waals surface area contributed by atoms with Gasteiger partial charge in [0, 0.05) is 31.3 Å². The number of H-pyrrole nitrogens is 1. The van der Waals surface area contributed by atoms with Crippen LogP contribution in [-0.2, 0) is 9.47 Å². The molecule has 1 aromatic heterocycles. The van der Waals surface area contributed by atoms with Crippen molar-refractivity contribution in [3.05, 3.63) is 28.7 Å². The Morgan fingerprint density at radius 3 is 2.55 bits per heavy atom. The Labute approximate surface area is 180 Å². The number of carboxylic acids is 1. The maximum absolute atomic E-state index is 15.3. The van der Waals surface area contributed by atoms with Crippen LogP contribution in [0.2, 0.25) is 0 Å². The number of carbonyl (C=O) groups excluding carboxylic acids is 1. The van der Waals surface area contributed by atoms with E-state index in [1.165, 1.54) is 0 Å². The molecule has 1 aromatic carbocycles. The van der Waals surface area contributed by atoms with Crippen molar-refractivity contribution in [3.63, 3.8) is 0 Å². The van der Waals surface area contributed by atoms with Gasteiger partial charge in [0.15, 0.2) is 0 Å². The average Bonchev–Trinajstić information content (AvgIpc) is 2.93. The number of nitrogens with one attached hydrogen (secondary N) is 2. The Bertz CT molecular complexity index is 1010. The number of methoxy groups -OCH3 is 1. The van der Waals surface area contributed by atoms with E-state index >= 15 is 4.39 Å². The van der Waals surface area contributed by atoms with Crippen LogP contribution in [-0.4, -0.2) is 60.1 Å². The first-order valence-electron chi connectivity index (χ1n) is 10.2. The van der Waals surface area contributed by atoms with Crippen molar-refractivity contribution in [2.75, 3.05) is 25.1 Å². The molecule has 1 amide bonds. The number of carbonyl (C=O) groups is 2. The fourth-order valence-corrected chi connectivity index (χ4v) is 4.07. The number of hydrogen-bond donors (Lipinski definition) is 3. The highest BCUT2D eigenvalue weighted by atomic mass is 19.1. The normalized spacial score (nSPS) is 19.5. The van der Waals surface area contributed by atoms with Crippen LogP contribution in [0.4, 0.5) is 14.9 Å². The SMILES string of the molecule is CO[C@H]1C[C@H](NC(=O)OC(C)(C)C)CN(c2c(F)cc(C(=O)O)c3[nH]c(C)c(C)c23)C1. The summed E-state index contributed by atoms with van der Waals surface area (Å²) in [6, 6.07) is 0.713. The number of halogens is 1. The van der Waals surface area contributed by atoms with Gasteiger partial charge in [0.25, 0.3) is 0 Å². The third kappa shape index (κ3) is 4.76. The van der Waals surface area contributed by atoms with Gasteiger partial charge in [-0.1, -0.05) is 0 Å². The lowest BCUT2D eigenvalue weighted by Gasteiger charge is -2.39. The summed E-state index contributed by atoms with van der Waals surface area (Å²) in [7, 11) is 1.57. The highest BCUT2D eigenvalue weighted by Gasteiger charge is 2.33. The zero-order valence-electron chi connectivity index (χ0n) is 18.8. The van der Waals surface area contributed by atoms with Crippen molar-refractivity contribution in [2.24, 2.45) is 0 Å². The molecule has 1 saturated heterocycles. The van der Waals surface area contributed by atoms with E-state index in [2.05, 4.69) is 10.3 Å². The molecule has 0 saturated carbocycles. The van der Waals surface area contributed by atoms with Gasteiger partial charge in [-0.25, -0.2) is 14.0 Å². The van der Waals surface area contributed by atoms with Crippen LogP contribution in [0.3, 0.4) is 0 Å². The first-order valence-corrected chi connectivity index (χ1v) is 10.2. The monoisotopic (exact) mass is 435 g/mol. The highest BCUT2D eigenvalue weighted by Crippen LogP contribution is 2.37. The van der Waals surface area contributed by atoms with Crippen LogP contribution in [0.5, 0.6) is 0 Å². The second kappa shape index (κ2) is 8.37. The van der Waals surface area contributed by atoms with Crippen molar-refractivity contribution in [2.45, 2.75) is 58.8 Å². The van der Waals surface area contributed by atoms with Crippen LogP contribution in [0.15, 0.2) is 6.07 Å². The molecule has 1 aliphatic rings. The molecule has 9 heteroatoms. The van der Waals surface area contributed by atoms with Crippen LogP contribution in [0.1, 0.15) is 48.8 Å². The summed E-state index contributed by atoms with van der Waals surface area (Å²) in [6.45, 7) is 9.74. The number of carboxylic acid groups (broad SMARTS) is 1. The minimum atomic E-state index is -1.20. The molecule has 0 aliphatic carbocycles. The first-order chi connectivity index (χ1) is 14.4. The Kier molecular flexibility index (Phi) is 6.18. The Hall–Kier alpha value is -2.81. The number of anilines is 1. The lowest BCUT2D eigenvalue weighted by molar-refractivity contribution is 0.0433. The predicted octanol–water partition coefficient (Wildman–Crippen LogP) is 3.74. The van der Waals surface area contributed by atoms with Gasteiger partial charge in [0.1, 0.15) is 11.4 Å². The summed E-state index contributed by atoms with van der Waals surface area (Å²) in [5.74, 6) is -1.82. The van der Waals surface area contributed by atoms with Gasteiger partial charge in [-0.15, -0.1) is 0 Å². The number of aromatic amines is 1. The number of amides is 1. The number of aromatic nitrogens is 1. The van der Waals surface area contributed by atoms with Crippen molar-refractivity contribution < 1.29 is 28.6 Å². The third-order valence-corrected chi connectivity index (χ3v) is 5.52. The molecule has 170 valence electrons. The van der Waals surface area contributed by atoms with Gasteiger partial charge in [-0.3, -0.25) is 0 Å². The standard InChI is InChI=1S/C22H30FN3O5/c1-11-12(2)24-18-15(20(27)28)8-16(23)19(17(11)18)26-9-13(7-14(10-26)30-6)25-21(29)31-22(3,4)5/h8,13-14,24H,7,9-10H2,1-6H3,(H,25,29)(H,27,28)/t13-,14-/m0/s1. The third-order valence-electron chi connectivity index (χ3n) is 5.52. The number of benzene rings is 1. The summed E-state index contributed by atoms with van der Waals surface area (Å²) in [6.07, 6.45) is -0.243. The first kappa shape index (κ1) is 22.9. The molecular formula is C22H30FN3O5. The zero-order chi connectivity index (χ0) is 23.1. The van der Waals surface area contributed by atoms with Crippen molar-refractivity contribution >= 4 is 28.7 Å². The quantitative estimate of drug-likeness (QED) is 0.676. The van der Waals surface area contributed by atoms with E-state index < -0.39 is 23.5 Å². The summed E-state index contributed by atoms with van der Waals surface area (Å²) >= 11 is 0. The number of aryl methyl sites for hydroxylation is 2. The second-order valence-corrected chi connectivity index (χ2v) is 9.03. The smallest absolute Gasteiger partial charge is 0.407 e. The summed E-state index contributed by atoms with van der Waals surface area (Å²) < 4.78 is 26.2. The van der Waals surface area contributed by atoms with Gasteiger partial charge in [0.05, 0.1) is 28.9 Å². The molecule has 31 heavy (non-hydrogen) atoms. The second-order valence-electron chi connectivity index (χ2n) is 9.03. The number of fused-ring (bicyclic) bond motifs is 1. The van der Waals surface area contributed by atoms with Crippen LogP contribution >= 0.6 is 0 Å². The Morgan fingerprint density at radius 1 is 1.29 bits per heavy atom. The van der Waals surface area contributed by atoms with Gasteiger partial charge in [-0.05, 0) is 52.7 Å². The minimum absolute atomic E-state index is 0.115. The number of ether oxygens (including phenoxy) is 2. The molecule has 2 heterocycles. The summed E-state index contributed by atoms with van der Waals surface area (Å²) in [5.41, 5.74) is 1.49. The zero-order valence-corrected chi connectivity index (χ0v) is 18.8. The molecule has 2 aromatic rings. The molecule has 0 spiro atoms. The van der Waals surface area contributed by atoms with E-state index in [4.69, 9.17) is 9.47 Å². The molecule has 8 nitrogen and oxygen atoms in total. The Balaban J connectivity index is 2.01. The average molecular weight is 435 g/mol. The molecule has 1 aliphatic heterocycles. The molecule has 2 atom stereocenters. The van der Waals surface area contributed by atoms with E-state index in [1.54, 1.807) is 27.9 Å². The highest BCUT2D eigenvalue weighted by molar-refractivity contribution is 6.08. The minimum Gasteiger partial charge on any atom is -0.478 e. The summed E-state index contributed by atoms with van der Waals surface area (Å²) in [5, 5.41) is 12.9. The van der Waals surface area contributed by atoms with Crippen molar-refractivity contribution in [3.8, 4) is 0 Å². The molecule has 0 radical (unpaired) electrons. The Morgan fingerprint density at radius 2 is 1.97 bits per heavy atom. The topological polar surface area (TPSA) is 104 Å². The van der Waals surface area contributed by atoms with Crippen LogP contribution in [0.25, 0.3) is 10.9 Å². The van der Waals surface area contributed by atoms with Gasteiger partial charge in [-0.2, -0.15) is 0 Å². The predicted molar refractivity (Wildman–Crippen MR) is 115 cm³/mol. The largest absolute Gasteiger partial charge is 0.478 e. The van der Waals surface area contributed by atoms with E-state index in [9.17, 15) is 14.7 Å². The van der Waals surface area contributed by atoms with Gasteiger partial charge >= 0.3 is 12.1 Å². The molecule has 1 fully saturated rings.